The standard InChI is InChI=1S/C21H27N5O6/c1-5-12(2)8-28-19(27)29-10-21(9-22)17-16(30-20(3,4)32-17)15(31-21)13-6-7-14-18(23)24-11-25-26(13)14/h6-7,11-12,15-17H,5,8,10H2,1-4H3,(H2,23,24,25)/t12-,15-,16-,17-,21+/m0/s1. The van der Waals surface area contributed by atoms with Gasteiger partial charge in [0.25, 0.3) is 0 Å². The van der Waals surface area contributed by atoms with E-state index in [0.717, 1.165) is 6.42 Å². The summed E-state index contributed by atoms with van der Waals surface area (Å²) in [6.07, 6.45) is -0.835. The van der Waals surface area contributed by atoms with Crippen LogP contribution in [0.3, 0.4) is 0 Å². The number of carbonyl (C=O) groups is 1. The lowest BCUT2D eigenvalue weighted by Gasteiger charge is -2.28. The molecule has 0 saturated carbocycles. The van der Waals surface area contributed by atoms with Gasteiger partial charge in [-0.05, 0) is 31.9 Å². The molecule has 2 aromatic heterocycles. The van der Waals surface area contributed by atoms with Crippen molar-refractivity contribution in [3.05, 3.63) is 24.2 Å². The van der Waals surface area contributed by atoms with E-state index in [1.165, 1.54) is 6.33 Å². The lowest BCUT2D eigenvalue weighted by molar-refractivity contribution is -0.205. The molecule has 2 aliphatic rings. The molecule has 4 heterocycles. The van der Waals surface area contributed by atoms with Crippen LogP contribution < -0.4 is 5.73 Å². The van der Waals surface area contributed by atoms with E-state index in [-0.39, 0.29) is 19.1 Å². The second-order valence-corrected chi connectivity index (χ2v) is 8.62. The zero-order valence-corrected chi connectivity index (χ0v) is 18.5. The Morgan fingerprint density at radius 3 is 2.84 bits per heavy atom. The summed E-state index contributed by atoms with van der Waals surface area (Å²) in [5, 5.41) is 14.3. The Kier molecular flexibility index (Phi) is 5.70. The first-order valence-electron chi connectivity index (χ1n) is 10.5. The van der Waals surface area contributed by atoms with E-state index in [0.29, 0.717) is 17.0 Å². The van der Waals surface area contributed by atoms with E-state index in [4.69, 9.17) is 29.4 Å². The third-order valence-electron chi connectivity index (χ3n) is 5.80. The second kappa shape index (κ2) is 8.20. The largest absolute Gasteiger partial charge is 0.508 e. The molecular formula is C21H27N5O6. The maximum atomic E-state index is 12.1. The number of nitriles is 1. The molecule has 0 spiro atoms. The third-order valence-corrected chi connectivity index (χ3v) is 5.80. The highest BCUT2D eigenvalue weighted by Crippen LogP contribution is 2.50. The first-order valence-corrected chi connectivity index (χ1v) is 10.5. The van der Waals surface area contributed by atoms with Gasteiger partial charge in [0.15, 0.2) is 11.6 Å². The maximum Gasteiger partial charge on any atom is 0.508 e. The van der Waals surface area contributed by atoms with E-state index in [1.807, 2.05) is 13.8 Å². The minimum Gasteiger partial charge on any atom is -0.434 e. The van der Waals surface area contributed by atoms with Gasteiger partial charge in [0, 0.05) is 0 Å². The van der Waals surface area contributed by atoms with Crippen molar-refractivity contribution in [2.45, 2.75) is 63.8 Å². The van der Waals surface area contributed by atoms with Crippen molar-refractivity contribution in [1.82, 2.24) is 14.6 Å². The molecule has 2 saturated heterocycles. The predicted octanol–water partition coefficient (Wildman–Crippen LogP) is 2.36. The molecular weight excluding hydrogens is 418 g/mol. The molecule has 4 rings (SSSR count). The van der Waals surface area contributed by atoms with Gasteiger partial charge in [0.05, 0.1) is 12.3 Å². The van der Waals surface area contributed by atoms with Gasteiger partial charge in [-0.2, -0.15) is 10.4 Å². The molecule has 2 aliphatic heterocycles. The number of anilines is 1. The number of carbonyl (C=O) groups excluding carboxylic acids is 1. The van der Waals surface area contributed by atoms with Gasteiger partial charge in [-0.1, -0.05) is 20.3 Å². The molecule has 2 fully saturated rings. The summed E-state index contributed by atoms with van der Waals surface area (Å²) in [4.78, 5) is 16.1. The van der Waals surface area contributed by atoms with Crippen LogP contribution in [0.15, 0.2) is 18.5 Å². The number of hydrogen-bond donors (Lipinski definition) is 1. The van der Waals surface area contributed by atoms with Crippen molar-refractivity contribution in [2.24, 2.45) is 5.92 Å². The smallest absolute Gasteiger partial charge is 0.434 e. The highest BCUT2D eigenvalue weighted by Gasteiger charge is 2.65. The topological polar surface area (TPSA) is 143 Å². The van der Waals surface area contributed by atoms with Crippen molar-refractivity contribution >= 4 is 17.5 Å². The summed E-state index contributed by atoms with van der Waals surface area (Å²) in [5.74, 6) is -0.450. The van der Waals surface area contributed by atoms with Crippen molar-refractivity contribution < 1.29 is 28.5 Å². The fraction of sp³-hybridized carbons (Fsp3) is 0.619. The van der Waals surface area contributed by atoms with Gasteiger partial charge >= 0.3 is 6.16 Å². The van der Waals surface area contributed by atoms with Gasteiger partial charge in [-0.25, -0.2) is 14.3 Å². The summed E-state index contributed by atoms with van der Waals surface area (Å²) < 4.78 is 30.3. The summed E-state index contributed by atoms with van der Waals surface area (Å²) in [6.45, 7) is 7.32. The van der Waals surface area contributed by atoms with E-state index < -0.39 is 35.9 Å². The van der Waals surface area contributed by atoms with Gasteiger partial charge in [-0.15, -0.1) is 0 Å². The average molecular weight is 445 g/mol. The van der Waals surface area contributed by atoms with E-state index >= 15 is 0 Å². The Balaban J connectivity index is 1.60. The molecule has 2 N–H and O–H groups in total. The van der Waals surface area contributed by atoms with Crippen molar-refractivity contribution in [2.75, 3.05) is 18.9 Å². The summed E-state index contributed by atoms with van der Waals surface area (Å²) >= 11 is 0. The fourth-order valence-corrected chi connectivity index (χ4v) is 3.92. The summed E-state index contributed by atoms with van der Waals surface area (Å²) in [5.41, 5.74) is 5.56. The zero-order chi connectivity index (χ0) is 23.1. The highest BCUT2D eigenvalue weighted by atomic mass is 16.8. The van der Waals surface area contributed by atoms with Gasteiger partial charge in [0.2, 0.25) is 5.60 Å². The van der Waals surface area contributed by atoms with E-state index in [1.54, 1.807) is 30.5 Å². The van der Waals surface area contributed by atoms with Crippen molar-refractivity contribution in [3.8, 4) is 6.07 Å². The number of ether oxygens (including phenoxy) is 5. The van der Waals surface area contributed by atoms with Gasteiger partial charge in [-0.3, -0.25) is 0 Å². The Morgan fingerprint density at radius 2 is 2.12 bits per heavy atom. The molecule has 0 bridgehead atoms. The maximum absolute atomic E-state index is 12.1. The van der Waals surface area contributed by atoms with Crippen LogP contribution in [0.2, 0.25) is 0 Å². The minimum absolute atomic E-state index is 0.202. The molecule has 0 amide bonds. The van der Waals surface area contributed by atoms with Crippen LogP contribution in [0, 0.1) is 17.2 Å². The van der Waals surface area contributed by atoms with Gasteiger partial charge < -0.3 is 29.4 Å². The van der Waals surface area contributed by atoms with Crippen LogP contribution in [0.4, 0.5) is 10.6 Å². The lowest BCUT2D eigenvalue weighted by atomic mass is 9.96. The molecule has 11 nitrogen and oxygen atoms in total. The Bertz CT molecular complexity index is 1050. The van der Waals surface area contributed by atoms with Crippen LogP contribution >= 0.6 is 0 Å². The predicted molar refractivity (Wildman–Crippen MR) is 110 cm³/mol. The highest BCUT2D eigenvalue weighted by molar-refractivity contribution is 5.65. The zero-order valence-electron chi connectivity index (χ0n) is 18.5. The molecule has 0 radical (unpaired) electrons. The minimum atomic E-state index is -1.60. The lowest BCUT2D eigenvalue weighted by Crippen LogP contribution is -2.46. The fourth-order valence-electron chi connectivity index (χ4n) is 3.92. The summed E-state index contributed by atoms with van der Waals surface area (Å²) in [6, 6.07) is 5.69. The Labute approximate surface area is 185 Å². The average Bonchev–Trinajstić information content (AvgIpc) is 3.41. The number of hydrogen-bond acceptors (Lipinski definition) is 10. The van der Waals surface area contributed by atoms with Gasteiger partial charge in [0.1, 0.15) is 42.8 Å². The van der Waals surface area contributed by atoms with E-state index in [9.17, 15) is 10.1 Å². The SMILES string of the molecule is CC[C@H](C)COC(=O)OC[C@@]1(C#N)O[C@@H](c2ccc3c(N)ncnn23)[C@@H]2OC(C)(C)O[C@@H]21. The number of fused-ring (bicyclic) bond motifs is 2. The first kappa shape index (κ1) is 22.3. The molecule has 5 atom stereocenters. The quantitative estimate of drug-likeness (QED) is 0.658. The number of nitrogens with zero attached hydrogens (tertiary/aromatic N) is 4. The second-order valence-electron chi connectivity index (χ2n) is 8.62. The molecule has 11 heteroatoms. The molecule has 172 valence electrons. The monoisotopic (exact) mass is 445 g/mol. The van der Waals surface area contributed by atoms with Crippen LogP contribution in [-0.4, -0.2) is 57.6 Å². The first-order chi connectivity index (χ1) is 15.2. The van der Waals surface area contributed by atoms with Crippen molar-refractivity contribution in [3.63, 3.8) is 0 Å². The van der Waals surface area contributed by atoms with Crippen molar-refractivity contribution in [1.29, 1.82) is 5.26 Å². The molecule has 0 aromatic carbocycles. The van der Waals surface area contributed by atoms with Crippen LogP contribution in [0.25, 0.3) is 5.52 Å². The third kappa shape index (κ3) is 3.85. The number of nitrogen functional groups attached to an aromatic ring is 1. The van der Waals surface area contributed by atoms with E-state index in [2.05, 4.69) is 16.2 Å². The van der Waals surface area contributed by atoms with Crippen LogP contribution in [0.5, 0.6) is 0 Å². The number of aromatic nitrogens is 3. The summed E-state index contributed by atoms with van der Waals surface area (Å²) in [7, 11) is 0. The number of rotatable bonds is 6. The Hall–Kier alpha value is -2.94. The molecule has 0 aliphatic carbocycles. The number of nitrogens with two attached hydrogens (primary N) is 1. The normalized spacial score (nSPS) is 29.4. The Morgan fingerprint density at radius 1 is 1.34 bits per heavy atom. The molecule has 0 unspecified atom stereocenters. The van der Waals surface area contributed by atoms with Crippen LogP contribution in [-0.2, 0) is 23.7 Å². The van der Waals surface area contributed by atoms with Crippen LogP contribution in [0.1, 0.15) is 45.9 Å². The molecule has 32 heavy (non-hydrogen) atoms. The molecule has 2 aromatic rings.